The minimum atomic E-state index is -0.119. The highest BCUT2D eigenvalue weighted by Gasteiger charge is 2.26. The Morgan fingerprint density at radius 2 is 2.24 bits per heavy atom. The van der Waals surface area contributed by atoms with Crippen LogP contribution in [0.4, 0.5) is 10.1 Å². The van der Waals surface area contributed by atoms with Crippen molar-refractivity contribution in [2.24, 2.45) is 0 Å². The molecule has 1 aliphatic rings. The molecule has 118 valence electrons. The molecular weight excluding hydrogens is 287 g/mol. The van der Waals surface area contributed by atoms with Crippen LogP contribution >= 0.6 is 11.8 Å². The number of halogens is 1. The lowest BCUT2D eigenvalue weighted by atomic mass is 10.1. The summed E-state index contributed by atoms with van der Waals surface area (Å²) in [7, 11) is 1.68. The molecule has 0 saturated carbocycles. The van der Waals surface area contributed by atoms with Crippen molar-refractivity contribution in [1.29, 1.82) is 0 Å². The second-order valence-corrected chi connectivity index (χ2v) is 6.95. The molecule has 2 rings (SSSR count). The first-order valence-corrected chi connectivity index (χ1v) is 8.54. The first-order valence-electron chi connectivity index (χ1n) is 7.50. The number of rotatable bonds is 6. The number of benzene rings is 1. The number of hydrogen-bond donors (Lipinski definition) is 1. The van der Waals surface area contributed by atoms with Gasteiger partial charge in [0.1, 0.15) is 5.82 Å². The smallest absolute Gasteiger partial charge is 0.146 e. The van der Waals surface area contributed by atoms with Gasteiger partial charge in [0.25, 0.3) is 0 Å². The molecular formula is C16H25FN2OS. The molecule has 5 heteroatoms. The summed E-state index contributed by atoms with van der Waals surface area (Å²) in [6.07, 6.45) is 0. The summed E-state index contributed by atoms with van der Waals surface area (Å²) in [6, 6.07) is 5.94. The van der Waals surface area contributed by atoms with Gasteiger partial charge in [-0.1, -0.05) is 13.0 Å². The lowest BCUT2D eigenvalue weighted by Gasteiger charge is -2.39. The fraction of sp³-hybridized carbons (Fsp3) is 0.625. The van der Waals surface area contributed by atoms with Gasteiger partial charge in [-0.15, -0.1) is 0 Å². The van der Waals surface area contributed by atoms with Gasteiger partial charge in [-0.3, -0.25) is 0 Å². The van der Waals surface area contributed by atoms with Gasteiger partial charge in [0.2, 0.25) is 0 Å². The van der Waals surface area contributed by atoms with Gasteiger partial charge >= 0.3 is 0 Å². The molecule has 1 aliphatic heterocycles. The van der Waals surface area contributed by atoms with Crippen LogP contribution in [0.5, 0.6) is 0 Å². The maximum atomic E-state index is 14.4. The van der Waals surface area contributed by atoms with Crippen LogP contribution in [0, 0.1) is 5.82 Å². The Kier molecular flexibility index (Phi) is 6.33. The van der Waals surface area contributed by atoms with E-state index in [1.54, 1.807) is 13.2 Å². The number of methoxy groups -OCH3 is 1. The quantitative estimate of drug-likeness (QED) is 0.816. The molecule has 2 atom stereocenters. The monoisotopic (exact) mass is 312 g/mol. The summed E-state index contributed by atoms with van der Waals surface area (Å²) in [5.41, 5.74) is 1.70. The molecule has 1 heterocycles. The lowest BCUT2D eigenvalue weighted by molar-refractivity contribution is 0.199. The predicted molar refractivity (Wildman–Crippen MR) is 88.7 cm³/mol. The Balaban J connectivity index is 2.01. The zero-order valence-corrected chi connectivity index (χ0v) is 13.9. The van der Waals surface area contributed by atoms with E-state index in [1.807, 2.05) is 23.9 Å². The highest BCUT2D eigenvalue weighted by Crippen LogP contribution is 2.30. The SMILES string of the molecule is COCCNCc1ccc(N2CCSC(C)C2C)c(F)c1. The van der Waals surface area contributed by atoms with E-state index in [2.05, 4.69) is 24.1 Å². The van der Waals surface area contributed by atoms with Gasteiger partial charge < -0.3 is 15.0 Å². The maximum Gasteiger partial charge on any atom is 0.146 e. The average Bonchev–Trinajstić information content (AvgIpc) is 2.47. The summed E-state index contributed by atoms with van der Waals surface area (Å²) in [5, 5.41) is 3.77. The number of thioether (sulfide) groups is 1. The van der Waals surface area contributed by atoms with Crippen molar-refractivity contribution in [1.82, 2.24) is 5.32 Å². The number of ether oxygens (including phenoxy) is 1. The molecule has 0 aromatic heterocycles. The number of anilines is 1. The van der Waals surface area contributed by atoms with E-state index < -0.39 is 0 Å². The standard InChI is InChI=1S/C16H25FN2OS/c1-12-13(2)21-9-7-19(12)16-5-4-14(10-15(16)17)11-18-6-8-20-3/h4-5,10,12-13,18H,6-9,11H2,1-3H3. The molecule has 0 bridgehead atoms. The van der Waals surface area contributed by atoms with E-state index in [0.29, 0.717) is 24.4 Å². The molecule has 0 spiro atoms. The largest absolute Gasteiger partial charge is 0.383 e. The van der Waals surface area contributed by atoms with Gasteiger partial charge in [0, 0.05) is 43.8 Å². The van der Waals surface area contributed by atoms with Crippen LogP contribution in [0.2, 0.25) is 0 Å². The van der Waals surface area contributed by atoms with Gasteiger partial charge in [0.05, 0.1) is 12.3 Å². The fourth-order valence-corrected chi connectivity index (χ4v) is 3.67. The molecule has 1 aromatic carbocycles. The first-order chi connectivity index (χ1) is 10.1. The lowest BCUT2D eigenvalue weighted by Crippen LogP contribution is -2.45. The highest BCUT2D eigenvalue weighted by molar-refractivity contribution is 8.00. The van der Waals surface area contributed by atoms with Gasteiger partial charge in [-0.2, -0.15) is 11.8 Å². The molecule has 1 saturated heterocycles. The van der Waals surface area contributed by atoms with Gasteiger partial charge in [-0.05, 0) is 24.6 Å². The zero-order valence-electron chi connectivity index (χ0n) is 13.1. The highest BCUT2D eigenvalue weighted by atomic mass is 32.2. The van der Waals surface area contributed by atoms with Crippen LogP contribution in [-0.4, -0.2) is 43.9 Å². The van der Waals surface area contributed by atoms with E-state index >= 15 is 0 Å². The van der Waals surface area contributed by atoms with E-state index in [0.717, 1.165) is 30.1 Å². The summed E-state index contributed by atoms with van der Waals surface area (Å²) >= 11 is 1.96. The maximum absolute atomic E-state index is 14.4. The molecule has 2 unspecified atom stereocenters. The third kappa shape index (κ3) is 4.34. The summed E-state index contributed by atoms with van der Waals surface area (Å²) in [4.78, 5) is 2.19. The molecule has 1 aromatic rings. The van der Waals surface area contributed by atoms with Crippen molar-refractivity contribution < 1.29 is 9.13 Å². The molecule has 0 aliphatic carbocycles. The molecule has 1 fully saturated rings. The van der Waals surface area contributed by atoms with E-state index in [4.69, 9.17) is 4.74 Å². The number of nitrogens with one attached hydrogen (secondary N) is 1. The Bertz CT molecular complexity index is 458. The van der Waals surface area contributed by atoms with Crippen molar-refractivity contribution in [3.63, 3.8) is 0 Å². The third-order valence-electron chi connectivity index (χ3n) is 4.02. The molecule has 21 heavy (non-hydrogen) atoms. The summed E-state index contributed by atoms with van der Waals surface area (Å²) in [6.45, 7) is 7.42. The third-order valence-corrected chi connectivity index (χ3v) is 5.36. The van der Waals surface area contributed by atoms with Crippen LogP contribution in [0.15, 0.2) is 18.2 Å². The summed E-state index contributed by atoms with van der Waals surface area (Å²) < 4.78 is 19.4. The zero-order chi connectivity index (χ0) is 15.2. The average molecular weight is 312 g/mol. The van der Waals surface area contributed by atoms with Crippen LogP contribution in [-0.2, 0) is 11.3 Å². The van der Waals surface area contributed by atoms with E-state index in [-0.39, 0.29) is 5.82 Å². The molecule has 0 radical (unpaired) electrons. The Morgan fingerprint density at radius 3 is 2.95 bits per heavy atom. The van der Waals surface area contributed by atoms with Crippen molar-refractivity contribution in [2.75, 3.05) is 37.5 Å². The van der Waals surface area contributed by atoms with E-state index in [1.165, 1.54) is 0 Å². The Hall–Kier alpha value is -0.780. The molecule has 3 nitrogen and oxygen atoms in total. The second kappa shape index (κ2) is 8.01. The number of nitrogens with zero attached hydrogens (tertiary/aromatic N) is 1. The number of hydrogen-bond acceptors (Lipinski definition) is 4. The van der Waals surface area contributed by atoms with Gasteiger partial charge in [-0.25, -0.2) is 4.39 Å². The fourth-order valence-electron chi connectivity index (χ4n) is 2.57. The van der Waals surface area contributed by atoms with Crippen LogP contribution < -0.4 is 10.2 Å². The van der Waals surface area contributed by atoms with E-state index in [9.17, 15) is 4.39 Å². The Morgan fingerprint density at radius 1 is 1.43 bits per heavy atom. The molecule has 1 N–H and O–H groups in total. The van der Waals surface area contributed by atoms with Crippen molar-refractivity contribution in [2.45, 2.75) is 31.7 Å². The Labute approximate surface area is 131 Å². The minimum Gasteiger partial charge on any atom is -0.383 e. The van der Waals surface area contributed by atoms with Crippen molar-refractivity contribution in [3.8, 4) is 0 Å². The normalized spacial score (nSPS) is 22.6. The van der Waals surface area contributed by atoms with Crippen molar-refractivity contribution >= 4 is 17.4 Å². The predicted octanol–water partition coefficient (Wildman–Crippen LogP) is 2.89. The first kappa shape index (κ1) is 16.6. The van der Waals surface area contributed by atoms with Crippen molar-refractivity contribution in [3.05, 3.63) is 29.6 Å². The molecule has 0 amide bonds. The van der Waals surface area contributed by atoms with Crippen LogP contribution in [0.25, 0.3) is 0 Å². The van der Waals surface area contributed by atoms with Crippen LogP contribution in [0.1, 0.15) is 19.4 Å². The topological polar surface area (TPSA) is 24.5 Å². The summed E-state index contributed by atoms with van der Waals surface area (Å²) in [5.74, 6) is 0.942. The van der Waals surface area contributed by atoms with Crippen LogP contribution in [0.3, 0.4) is 0 Å². The van der Waals surface area contributed by atoms with Gasteiger partial charge in [0.15, 0.2) is 0 Å². The second-order valence-electron chi connectivity index (χ2n) is 5.47. The minimum absolute atomic E-state index is 0.119.